The van der Waals surface area contributed by atoms with Gasteiger partial charge >= 0.3 is 5.97 Å². The minimum Gasteiger partial charge on any atom is -0.458 e. The fourth-order valence-electron chi connectivity index (χ4n) is 5.02. The van der Waals surface area contributed by atoms with Gasteiger partial charge in [-0.1, -0.05) is 47.6 Å². The van der Waals surface area contributed by atoms with E-state index >= 15 is 0 Å². The Balaban J connectivity index is 0.00000235. The molecule has 0 aromatic carbocycles. The van der Waals surface area contributed by atoms with E-state index < -0.39 is 35.6 Å². The second kappa shape index (κ2) is 13.3. The molecular formula is C29H45NO6S. The number of aliphatic hydroxyl groups is 2. The fourth-order valence-corrected chi connectivity index (χ4v) is 5.59. The van der Waals surface area contributed by atoms with Gasteiger partial charge in [-0.15, -0.1) is 11.3 Å². The molecule has 37 heavy (non-hydrogen) atoms. The van der Waals surface area contributed by atoms with Gasteiger partial charge in [0.2, 0.25) is 0 Å². The summed E-state index contributed by atoms with van der Waals surface area (Å²) in [6.45, 7) is 16.8. The second-order valence-corrected chi connectivity index (χ2v) is 11.8. The maximum Gasteiger partial charge on any atom is 0.309 e. The molecule has 1 aromatic heterocycles. The van der Waals surface area contributed by atoms with Crippen LogP contribution in [0.4, 0.5) is 0 Å². The topological polar surface area (TPSA) is 106 Å². The molecule has 2 aliphatic rings. The van der Waals surface area contributed by atoms with Gasteiger partial charge in [0.05, 0.1) is 47.0 Å². The van der Waals surface area contributed by atoms with Crippen molar-refractivity contribution in [2.75, 3.05) is 0 Å². The van der Waals surface area contributed by atoms with Gasteiger partial charge in [0.25, 0.3) is 0 Å². The number of aliphatic hydroxyl groups excluding tert-OH is 2. The summed E-state index contributed by atoms with van der Waals surface area (Å²) in [6.07, 6.45) is 1.07. The monoisotopic (exact) mass is 535 g/mol. The average molecular weight is 536 g/mol. The highest BCUT2D eigenvalue weighted by Crippen LogP contribution is 2.38. The van der Waals surface area contributed by atoms with Crippen LogP contribution >= 0.6 is 11.3 Å². The highest BCUT2D eigenvalue weighted by Gasteiger charge is 2.45. The van der Waals surface area contributed by atoms with E-state index in [2.05, 4.69) is 11.9 Å². The van der Waals surface area contributed by atoms with Gasteiger partial charge in [0.15, 0.2) is 0 Å². The number of carbonyl (C=O) groups excluding carboxylic acids is 2. The van der Waals surface area contributed by atoms with E-state index in [1.165, 1.54) is 11.3 Å². The zero-order valence-corrected chi connectivity index (χ0v) is 24.6. The largest absolute Gasteiger partial charge is 0.458 e. The third-order valence-electron chi connectivity index (χ3n) is 7.44. The predicted octanol–water partition coefficient (Wildman–Crippen LogP) is 5.28. The lowest BCUT2D eigenvalue weighted by Gasteiger charge is -2.34. The van der Waals surface area contributed by atoms with Crippen LogP contribution in [0.25, 0.3) is 6.08 Å². The van der Waals surface area contributed by atoms with E-state index in [-0.39, 0.29) is 36.8 Å². The van der Waals surface area contributed by atoms with E-state index in [4.69, 9.17) is 9.47 Å². The zero-order valence-electron chi connectivity index (χ0n) is 23.8. The maximum absolute atomic E-state index is 13.4. The molecule has 2 aliphatic heterocycles. The molecule has 2 unspecified atom stereocenters. The van der Waals surface area contributed by atoms with E-state index in [0.717, 1.165) is 28.3 Å². The van der Waals surface area contributed by atoms with Gasteiger partial charge in [-0.2, -0.15) is 0 Å². The summed E-state index contributed by atoms with van der Waals surface area (Å²) < 4.78 is 12.0. The lowest BCUT2D eigenvalue weighted by atomic mass is 9.73. The van der Waals surface area contributed by atoms with Crippen LogP contribution in [0, 0.1) is 24.2 Å². The van der Waals surface area contributed by atoms with Crippen molar-refractivity contribution >= 4 is 29.2 Å². The number of ketones is 1. The minimum absolute atomic E-state index is 0.141. The van der Waals surface area contributed by atoms with Crippen molar-refractivity contribution in [3.05, 3.63) is 33.3 Å². The molecular weight excluding hydrogens is 490 g/mol. The van der Waals surface area contributed by atoms with Crippen molar-refractivity contribution in [1.29, 1.82) is 0 Å². The third kappa shape index (κ3) is 7.82. The van der Waals surface area contributed by atoms with E-state index in [1.54, 1.807) is 13.8 Å². The Morgan fingerprint density at radius 1 is 1.16 bits per heavy atom. The van der Waals surface area contributed by atoms with Crippen LogP contribution in [0.15, 0.2) is 22.6 Å². The third-order valence-corrected chi connectivity index (χ3v) is 8.23. The molecule has 2 N–H and O–H groups in total. The molecule has 7 nitrogen and oxygen atoms in total. The molecule has 1 saturated heterocycles. The molecule has 8 heteroatoms. The summed E-state index contributed by atoms with van der Waals surface area (Å²) in [5.74, 6) is -1.06. The Morgan fingerprint density at radius 3 is 2.41 bits per heavy atom. The van der Waals surface area contributed by atoms with Gasteiger partial charge in [0, 0.05) is 17.7 Å². The first kappa shape index (κ1) is 31.3. The lowest BCUT2D eigenvalue weighted by Crippen LogP contribution is -2.45. The number of aromatic nitrogens is 1. The molecule has 1 fully saturated rings. The maximum atomic E-state index is 13.4. The number of aryl methyl sites for hydroxylation is 1. The van der Waals surface area contributed by atoms with Crippen molar-refractivity contribution in [2.45, 2.75) is 112 Å². The number of thiazole rings is 1. The number of carbonyl (C=O) groups is 2. The number of Topliss-reactive ketones (excluding diaryl/α,β-unsaturated/α-hetero) is 1. The van der Waals surface area contributed by atoms with E-state index in [9.17, 15) is 19.8 Å². The van der Waals surface area contributed by atoms with Crippen molar-refractivity contribution in [1.82, 2.24) is 4.98 Å². The molecule has 0 spiro atoms. The summed E-state index contributed by atoms with van der Waals surface area (Å²) in [4.78, 5) is 30.7. The van der Waals surface area contributed by atoms with E-state index in [1.807, 2.05) is 59.1 Å². The van der Waals surface area contributed by atoms with Crippen LogP contribution in [0.3, 0.4) is 0 Å². The van der Waals surface area contributed by atoms with E-state index in [0.29, 0.717) is 0 Å². The lowest BCUT2D eigenvalue weighted by molar-refractivity contribution is -0.155. The van der Waals surface area contributed by atoms with Crippen LogP contribution < -0.4 is 0 Å². The summed E-state index contributed by atoms with van der Waals surface area (Å²) in [5.41, 5.74) is 1.09. The summed E-state index contributed by atoms with van der Waals surface area (Å²) in [6, 6.07) is 0. The van der Waals surface area contributed by atoms with Crippen molar-refractivity contribution in [3.8, 4) is 0 Å². The SMILES string of the molecule is C/C1=C\C2C[C@H](C)[C@H](O2)[C@@H](C)C(=O)C(C)(C)[C@@H](O)CC(=O)O[C@H](/C(C)=C/c2csc(C)n2)CC1O.CC. The molecule has 3 rings (SSSR count). The number of nitrogens with zero attached hydrogens (tertiary/aromatic N) is 1. The normalized spacial score (nSPS) is 34.8. The minimum atomic E-state index is -1.21. The molecule has 1 aromatic rings. The van der Waals surface area contributed by atoms with Gasteiger partial charge in [0.1, 0.15) is 11.9 Å². The van der Waals surface area contributed by atoms with Crippen LogP contribution in [0.1, 0.15) is 85.4 Å². The Morgan fingerprint density at radius 2 is 1.81 bits per heavy atom. The predicted molar refractivity (Wildman–Crippen MR) is 147 cm³/mol. The summed E-state index contributed by atoms with van der Waals surface area (Å²) in [7, 11) is 0. The summed E-state index contributed by atoms with van der Waals surface area (Å²) >= 11 is 1.53. The fraction of sp³-hybridized carbons (Fsp3) is 0.690. The molecule has 2 bridgehead atoms. The van der Waals surface area contributed by atoms with Crippen LogP contribution in [0.5, 0.6) is 0 Å². The number of hydrogen-bond acceptors (Lipinski definition) is 8. The highest BCUT2D eigenvalue weighted by atomic mass is 32.1. The van der Waals surface area contributed by atoms with Crippen molar-refractivity contribution in [2.24, 2.45) is 17.3 Å². The Bertz CT molecular complexity index is 996. The quantitative estimate of drug-likeness (QED) is 0.392. The first-order chi connectivity index (χ1) is 17.3. The Labute approximate surface area is 226 Å². The molecule has 0 aliphatic carbocycles. The zero-order chi connectivity index (χ0) is 28.1. The molecule has 0 saturated carbocycles. The highest BCUT2D eigenvalue weighted by molar-refractivity contribution is 7.09. The molecule has 7 atom stereocenters. The Hall–Kier alpha value is -1.87. The van der Waals surface area contributed by atoms with Crippen LogP contribution in [-0.2, 0) is 19.1 Å². The number of cyclic esters (lactones) is 1. The first-order valence-electron chi connectivity index (χ1n) is 13.3. The number of esters is 1. The van der Waals surface area contributed by atoms with Gasteiger partial charge in [-0.05, 0) is 50.3 Å². The van der Waals surface area contributed by atoms with Crippen LogP contribution in [0.2, 0.25) is 0 Å². The average Bonchev–Trinajstić information content (AvgIpc) is 3.42. The number of hydrogen-bond donors (Lipinski definition) is 2. The second-order valence-electron chi connectivity index (χ2n) is 10.8. The summed E-state index contributed by atoms with van der Waals surface area (Å²) in [5, 5.41) is 24.7. The molecule has 3 heterocycles. The molecule has 208 valence electrons. The van der Waals surface area contributed by atoms with Gasteiger partial charge < -0.3 is 19.7 Å². The Kier molecular flexibility index (Phi) is 11.2. The van der Waals surface area contributed by atoms with Crippen molar-refractivity contribution < 1.29 is 29.3 Å². The van der Waals surface area contributed by atoms with Crippen molar-refractivity contribution in [3.63, 3.8) is 0 Å². The smallest absolute Gasteiger partial charge is 0.309 e. The standard InChI is InChI=1S/C27H39NO6S.C2H6/c1-14-9-20-10-16(3)25(33-20)17(4)26(32)27(6,7)23(30)12-24(31)34-22(11-21(14)29)15(2)8-19-13-35-18(5)28-19;1-2/h8-9,13,16-17,20-23,25,29-30H,10-12H2,1-7H3;1-2H3/b14-9+,15-8+;/t16-,17+,20?,21?,22-,23-,25-;/m0./s1. The number of fused-ring (bicyclic) bond motifs is 2. The molecule has 0 radical (unpaired) electrons. The number of rotatable bonds is 2. The van der Waals surface area contributed by atoms with Gasteiger partial charge in [-0.3, -0.25) is 9.59 Å². The molecule has 0 amide bonds. The number of ether oxygens (including phenoxy) is 2. The van der Waals surface area contributed by atoms with Crippen LogP contribution in [-0.4, -0.2) is 57.5 Å². The van der Waals surface area contributed by atoms with Gasteiger partial charge in [-0.25, -0.2) is 4.98 Å². The first-order valence-corrected chi connectivity index (χ1v) is 14.2.